The van der Waals surface area contributed by atoms with Gasteiger partial charge in [0.15, 0.2) is 17.3 Å². The van der Waals surface area contributed by atoms with E-state index in [-0.39, 0.29) is 18.3 Å². The van der Waals surface area contributed by atoms with E-state index in [1.807, 2.05) is 17.0 Å². The van der Waals surface area contributed by atoms with Crippen LogP contribution >= 0.6 is 0 Å². The molecule has 0 saturated carbocycles. The molecule has 1 aliphatic rings. The van der Waals surface area contributed by atoms with Crippen LogP contribution in [0.4, 0.5) is 0 Å². The number of carbonyl (C=O) groups is 2. The highest BCUT2D eigenvalue weighted by atomic mass is 16.5. The molecule has 2 amide bonds. The lowest BCUT2D eigenvalue weighted by Crippen LogP contribution is -2.48. The molecule has 0 bridgehead atoms. The SMILES string of the molecule is COc1ccccc1OCc1ccc(C(=O)NC(C)C(=O)N2CCCCC2)o1. The molecule has 2 heterocycles. The summed E-state index contributed by atoms with van der Waals surface area (Å²) in [5.74, 6) is 1.40. The molecule has 0 radical (unpaired) electrons. The van der Waals surface area contributed by atoms with Crippen molar-refractivity contribution in [3.63, 3.8) is 0 Å². The number of furan rings is 1. The number of para-hydroxylation sites is 2. The van der Waals surface area contributed by atoms with Gasteiger partial charge in [0.1, 0.15) is 18.4 Å². The van der Waals surface area contributed by atoms with Crippen LogP contribution in [0.3, 0.4) is 0 Å². The standard InChI is InChI=1S/C21H26N2O5/c1-15(21(25)23-12-6-3-7-13-23)22-20(24)19-11-10-16(28-19)14-27-18-9-5-4-8-17(18)26-2/h4-5,8-11,15H,3,6-7,12-14H2,1-2H3,(H,22,24). The minimum absolute atomic E-state index is 0.0562. The Morgan fingerprint density at radius 2 is 1.82 bits per heavy atom. The summed E-state index contributed by atoms with van der Waals surface area (Å²) in [7, 11) is 1.57. The van der Waals surface area contributed by atoms with E-state index in [0.29, 0.717) is 17.3 Å². The summed E-state index contributed by atoms with van der Waals surface area (Å²) < 4.78 is 16.5. The van der Waals surface area contributed by atoms with Crippen LogP contribution in [-0.4, -0.2) is 43.0 Å². The van der Waals surface area contributed by atoms with Crippen molar-refractivity contribution in [1.82, 2.24) is 10.2 Å². The van der Waals surface area contributed by atoms with Crippen molar-refractivity contribution in [2.75, 3.05) is 20.2 Å². The Balaban J connectivity index is 1.54. The molecule has 3 rings (SSSR count). The molecule has 1 aromatic carbocycles. The van der Waals surface area contributed by atoms with Gasteiger partial charge < -0.3 is 24.1 Å². The Labute approximate surface area is 164 Å². The minimum Gasteiger partial charge on any atom is -0.493 e. The molecule has 0 aliphatic carbocycles. The van der Waals surface area contributed by atoms with Crippen LogP contribution in [0.2, 0.25) is 0 Å². The second kappa shape index (κ2) is 9.30. The van der Waals surface area contributed by atoms with Crippen LogP contribution in [-0.2, 0) is 11.4 Å². The van der Waals surface area contributed by atoms with Gasteiger partial charge in [0.05, 0.1) is 7.11 Å². The maximum Gasteiger partial charge on any atom is 0.287 e. The lowest BCUT2D eigenvalue weighted by molar-refractivity contribution is -0.133. The van der Waals surface area contributed by atoms with Crippen LogP contribution < -0.4 is 14.8 Å². The summed E-state index contributed by atoms with van der Waals surface area (Å²) >= 11 is 0. The number of nitrogens with one attached hydrogen (secondary N) is 1. The Morgan fingerprint density at radius 3 is 2.54 bits per heavy atom. The van der Waals surface area contributed by atoms with Crippen LogP contribution in [0.1, 0.15) is 42.5 Å². The summed E-state index contributed by atoms with van der Waals surface area (Å²) in [4.78, 5) is 26.6. The smallest absolute Gasteiger partial charge is 0.287 e. The zero-order chi connectivity index (χ0) is 19.9. The van der Waals surface area contributed by atoms with Gasteiger partial charge in [-0.2, -0.15) is 0 Å². The highest BCUT2D eigenvalue weighted by Crippen LogP contribution is 2.26. The fourth-order valence-corrected chi connectivity index (χ4v) is 3.18. The predicted octanol–water partition coefficient (Wildman–Crippen LogP) is 3.00. The summed E-state index contributed by atoms with van der Waals surface area (Å²) in [5.41, 5.74) is 0. The first-order valence-electron chi connectivity index (χ1n) is 9.52. The highest BCUT2D eigenvalue weighted by Gasteiger charge is 2.24. The molecule has 28 heavy (non-hydrogen) atoms. The molecule has 1 atom stereocenters. The van der Waals surface area contributed by atoms with Gasteiger partial charge in [0.2, 0.25) is 5.91 Å². The first-order chi connectivity index (χ1) is 13.6. The van der Waals surface area contributed by atoms with E-state index in [0.717, 1.165) is 32.4 Å². The van der Waals surface area contributed by atoms with Crippen molar-refractivity contribution in [1.29, 1.82) is 0 Å². The molecule has 1 saturated heterocycles. The van der Waals surface area contributed by atoms with Gasteiger partial charge in [-0.25, -0.2) is 0 Å². The number of nitrogens with zero attached hydrogens (tertiary/aromatic N) is 1. The number of likely N-dealkylation sites (tertiary alicyclic amines) is 1. The largest absolute Gasteiger partial charge is 0.493 e. The van der Waals surface area contributed by atoms with E-state index in [2.05, 4.69) is 5.32 Å². The Hall–Kier alpha value is -2.96. The number of methoxy groups -OCH3 is 1. The van der Waals surface area contributed by atoms with E-state index in [9.17, 15) is 9.59 Å². The molecule has 7 nitrogen and oxygen atoms in total. The Kier molecular flexibility index (Phi) is 6.57. The van der Waals surface area contributed by atoms with Gasteiger partial charge in [-0.1, -0.05) is 12.1 Å². The number of hydrogen-bond acceptors (Lipinski definition) is 5. The van der Waals surface area contributed by atoms with Gasteiger partial charge in [0.25, 0.3) is 5.91 Å². The van der Waals surface area contributed by atoms with Crippen molar-refractivity contribution in [3.05, 3.63) is 47.9 Å². The molecule has 1 unspecified atom stereocenters. The number of piperidine rings is 1. The van der Waals surface area contributed by atoms with Crippen molar-refractivity contribution >= 4 is 11.8 Å². The molecule has 0 spiro atoms. The van der Waals surface area contributed by atoms with Crippen LogP contribution in [0.25, 0.3) is 0 Å². The summed E-state index contributed by atoms with van der Waals surface area (Å²) in [6, 6.07) is 9.97. The van der Waals surface area contributed by atoms with Crippen LogP contribution in [0.15, 0.2) is 40.8 Å². The fourth-order valence-electron chi connectivity index (χ4n) is 3.18. The number of rotatable bonds is 7. The number of benzene rings is 1. The van der Waals surface area contributed by atoms with E-state index >= 15 is 0 Å². The minimum atomic E-state index is -0.594. The molecule has 150 valence electrons. The third-order valence-corrected chi connectivity index (χ3v) is 4.71. The number of carbonyl (C=O) groups excluding carboxylic acids is 2. The molecular formula is C21H26N2O5. The predicted molar refractivity (Wildman–Crippen MR) is 103 cm³/mol. The zero-order valence-corrected chi connectivity index (χ0v) is 16.3. The molecule has 1 aliphatic heterocycles. The van der Waals surface area contributed by atoms with Gasteiger partial charge in [-0.15, -0.1) is 0 Å². The first kappa shape index (κ1) is 19.8. The van der Waals surface area contributed by atoms with E-state index in [4.69, 9.17) is 13.9 Å². The Bertz CT molecular complexity index is 811. The molecular weight excluding hydrogens is 360 g/mol. The summed E-state index contributed by atoms with van der Waals surface area (Å²) in [5, 5.41) is 2.71. The molecule has 1 N–H and O–H groups in total. The Morgan fingerprint density at radius 1 is 1.11 bits per heavy atom. The molecule has 1 fully saturated rings. The molecule has 2 aromatic rings. The van der Waals surface area contributed by atoms with Crippen LogP contribution in [0, 0.1) is 0 Å². The van der Waals surface area contributed by atoms with Gasteiger partial charge in [-0.05, 0) is 50.5 Å². The van der Waals surface area contributed by atoms with Gasteiger partial charge >= 0.3 is 0 Å². The van der Waals surface area contributed by atoms with Gasteiger partial charge in [0, 0.05) is 13.1 Å². The average molecular weight is 386 g/mol. The average Bonchev–Trinajstić information content (AvgIpc) is 3.21. The monoisotopic (exact) mass is 386 g/mol. The third kappa shape index (κ3) is 4.85. The molecule has 7 heteroatoms. The normalized spacial score (nSPS) is 15.0. The van der Waals surface area contributed by atoms with E-state index < -0.39 is 11.9 Å². The second-order valence-corrected chi connectivity index (χ2v) is 6.79. The maximum atomic E-state index is 12.4. The number of ether oxygens (including phenoxy) is 2. The van der Waals surface area contributed by atoms with Crippen molar-refractivity contribution < 1.29 is 23.5 Å². The second-order valence-electron chi connectivity index (χ2n) is 6.79. The lowest BCUT2D eigenvalue weighted by atomic mass is 10.1. The summed E-state index contributed by atoms with van der Waals surface area (Å²) in [6.45, 7) is 3.37. The highest BCUT2D eigenvalue weighted by molar-refractivity contribution is 5.95. The number of amides is 2. The first-order valence-corrected chi connectivity index (χ1v) is 9.52. The topological polar surface area (TPSA) is 81.0 Å². The van der Waals surface area contributed by atoms with Crippen molar-refractivity contribution in [2.24, 2.45) is 0 Å². The maximum absolute atomic E-state index is 12.4. The number of hydrogen-bond donors (Lipinski definition) is 1. The molecule has 1 aromatic heterocycles. The quantitative estimate of drug-likeness (QED) is 0.791. The zero-order valence-electron chi connectivity index (χ0n) is 16.3. The third-order valence-electron chi connectivity index (χ3n) is 4.71. The lowest BCUT2D eigenvalue weighted by Gasteiger charge is -2.29. The fraction of sp³-hybridized carbons (Fsp3) is 0.429. The van der Waals surface area contributed by atoms with E-state index in [1.54, 1.807) is 38.3 Å². The van der Waals surface area contributed by atoms with Crippen molar-refractivity contribution in [2.45, 2.75) is 38.8 Å². The van der Waals surface area contributed by atoms with Gasteiger partial charge in [-0.3, -0.25) is 9.59 Å². The van der Waals surface area contributed by atoms with Crippen LogP contribution in [0.5, 0.6) is 11.5 Å². The van der Waals surface area contributed by atoms with E-state index in [1.165, 1.54) is 0 Å². The summed E-state index contributed by atoms with van der Waals surface area (Å²) in [6.07, 6.45) is 3.18. The van der Waals surface area contributed by atoms with Crippen molar-refractivity contribution in [3.8, 4) is 11.5 Å².